The Balaban J connectivity index is 1.70. The predicted molar refractivity (Wildman–Crippen MR) is 136 cm³/mol. The van der Waals surface area contributed by atoms with Crippen LogP contribution in [0.1, 0.15) is 79.8 Å². The zero-order valence-electron chi connectivity index (χ0n) is 21.7. The number of rotatable bonds is 4. The van der Waals surface area contributed by atoms with Crippen LogP contribution in [0.4, 0.5) is 5.82 Å². The molecule has 0 bridgehead atoms. The van der Waals surface area contributed by atoms with Crippen LogP contribution in [0.25, 0.3) is 0 Å². The second-order valence-corrected chi connectivity index (χ2v) is 11.9. The topological polar surface area (TPSA) is 87.2 Å². The van der Waals surface area contributed by atoms with E-state index in [2.05, 4.69) is 4.90 Å². The van der Waals surface area contributed by atoms with Gasteiger partial charge in [-0.15, -0.1) is 11.3 Å². The molecular weight excluding hydrogens is 467 g/mol. The number of hydrogen-bond acceptors (Lipinski definition) is 9. The molecule has 0 unspecified atom stereocenters. The van der Waals surface area contributed by atoms with Gasteiger partial charge in [-0.25, -0.2) is 14.6 Å². The highest BCUT2D eigenvalue weighted by atomic mass is 32.1. The third-order valence-corrected chi connectivity index (χ3v) is 7.77. The van der Waals surface area contributed by atoms with E-state index in [0.29, 0.717) is 29.9 Å². The zero-order valence-corrected chi connectivity index (χ0v) is 22.5. The molecule has 0 radical (unpaired) electrons. The lowest BCUT2D eigenvalue weighted by Crippen LogP contribution is -2.41. The van der Waals surface area contributed by atoms with Crippen LogP contribution in [0.5, 0.6) is 0 Å². The lowest BCUT2D eigenvalue weighted by Gasteiger charge is -2.32. The summed E-state index contributed by atoms with van der Waals surface area (Å²) in [4.78, 5) is 33.5. The summed E-state index contributed by atoms with van der Waals surface area (Å²) in [5.74, 6) is -0.255. The molecule has 0 atom stereocenters. The van der Waals surface area contributed by atoms with Gasteiger partial charge < -0.3 is 23.7 Å². The molecule has 0 aliphatic carbocycles. The monoisotopic (exact) mass is 500 g/mol. The number of esters is 2. The SMILES string of the molecule is COC(=O)c1csc2c1CN(c1ccc(B3OC(C)(C)C(C)(C)O3)c(C(=O)OC(C)(C)C)n1)CC2. The van der Waals surface area contributed by atoms with E-state index in [1.54, 1.807) is 11.3 Å². The van der Waals surface area contributed by atoms with Crippen molar-refractivity contribution in [3.63, 3.8) is 0 Å². The third kappa shape index (κ3) is 4.97. The zero-order chi connectivity index (χ0) is 25.8. The summed E-state index contributed by atoms with van der Waals surface area (Å²) in [5, 5.41) is 1.85. The average molecular weight is 500 g/mol. The van der Waals surface area contributed by atoms with Gasteiger partial charge in [0.05, 0.1) is 23.9 Å². The van der Waals surface area contributed by atoms with Crippen molar-refractivity contribution in [2.75, 3.05) is 18.6 Å². The Kier molecular flexibility index (Phi) is 6.53. The fraction of sp³-hybridized carbons (Fsp3) is 0.560. The van der Waals surface area contributed by atoms with Crippen molar-refractivity contribution < 1.29 is 28.4 Å². The molecule has 2 aromatic heterocycles. The van der Waals surface area contributed by atoms with Gasteiger partial charge in [-0.3, -0.25) is 0 Å². The highest BCUT2D eigenvalue weighted by Crippen LogP contribution is 2.37. The van der Waals surface area contributed by atoms with Crippen molar-refractivity contribution in [2.24, 2.45) is 0 Å². The van der Waals surface area contributed by atoms with Crippen molar-refractivity contribution in [3.8, 4) is 0 Å². The number of pyridine rings is 1. The number of carbonyl (C=O) groups is 2. The maximum Gasteiger partial charge on any atom is 0.497 e. The molecule has 2 aromatic rings. The first-order valence-corrected chi connectivity index (χ1v) is 12.6. The van der Waals surface area contributed by atoms with E-state index in [9.17, 15) is 9.59 Å². The Morgan fingerprint density at radius 1 is 1.11 bits per heavy atom. The molecule has 10 heteroatoms. The van der Waals surface area contributed by atoms with E-state index in [1.165, 1.54) is 12.0 Å². The van der Waals surface area contributed by atoms with E-state index in [1.807, 2.05) is 66.0 Å². The van der Waals surface area contributed by atoms with Gasteiger partial charge in [-0.1, -0.05) is 6.07 Å². The molecule has 0 saturated carbocycles. The lowest BCUT2D eigenvalue weighted by atomic mass is 9.77. The highest BCUT2D eigenvalue weighted by molar-refractivity contribution is 7.10. The summed E-state index contributed by atoms with van der Waals surface area (Å²) in [6.45, 7) is 14.5. The van der Waals surface area contributed by atoms with Gasteiger partial charge in [0, 0.05) is 28.8 Å². The van der Waals surface area contributed by atoms with Gasteiger partial charge in [-0.2, -0.15) is 0 Å². The number of carbonyl (C=O) groups excluding carboxylic acids is 2. The van der Waals surface area contributed by atoms with Crippen molar-refractivity contribution in [1.29, 1.82) is 0 Å². The fourth-order valence-electron chi connectivity index (χ4n) is 4.07. The summed E-state index contributed by atoms with van der Waals surface area (Å²) in [6, 6.07) is 3.69. The second kappa shape index (κ2) is 8.90. The molecular formula is C25H33BN2O6S. The number of anilines is 1. The van der Waals surface area contributed by atoms with E-state index >= 15 is 0 Å². The summed E-state index contributed by atoms with van der Waals surface area (Å²) in [6.07, 6.45) is 0.777. The van der Waals surface area contributed by atoms with Crippen molar-refractivity contribution in [1.82, 2.24) is 4.98 Å². The number of thiophene rings is 1. The van der Waals surface area contributed by atoms with Crippen LogP contribution in [0.15, 0.2) is 17.5 Å². The maximum atomic E-state index is 13.3. The van der Waals surface area contributed by atoms with E-state index in [4.69, 9.17) is 23.8 Å². The first-order chi connectivity index (χ1) is 16.2. The van der Waals surface area contributed by atoms with Crippen LogP contribution in [0.2, 0.25) is 0 Å². The quantitative estimate of drug-likeness (QED) is 0.464. The third-order valence-electron chi connectivity index (χ3n) is 6.68. The van der Waals surface area contributed by atoms with Gasteiger partial charge in [0.1, 0.15) is 11.4 Å². The molecule has 4 rings (SSSR count). The molecule has 1 fully saturated rings. The molecule has 8 nitrogen and oxygen atoms in total. The molecule has 0 amide bonds. The van der Waals surface area contributed by atoms with Crippen LogP contribution < -0.4 is 10.4 Å². The minimum absolute atomic E-state index is 0.167. The smallest absolute Gasteiger partial charge is 0.465 e. The van der Waals surface area contributed by atoms with Gasteiger partial charge in [-0.05, 0) is 66.5 Å². The Labute approximate surface area is 211 Å². The van der Waals surface area contributed by atoms with E-state index in [0.717, 1.165) is 12.0 Å². The summed E-state index contributed by atoms with van der Waals surface area (Å²) < 4.78 is 23.1. The second-order valence-electron chi connectivity index (χ2n) is 10.9. The molecule has 1 saturated heterocycles. The van der Waals surface area contributed by atoms with Crippen LogP contribution in [-0.2, 0) is 31.7 Å². The number of fused-ring (bicyclic) bond motifs is 1. The summed E-state index contributed by atoms with van der Waals surface area (Å²) in [7, 11) is 0.635. The van der Waals surface area contributed by atoms with Crippen LogP contribution >= 0.6 is 11.3 Å². The lowest BCUT2D eigenvalue weighted by molar-refractivity contribution is 0.00578. The largest absolute Gasteiger partial charge is 0.497 e. The molecule has 188 valence electrons. The normalized spacial score (nSPS) is 18.9. The highest BCUT2D eigenvalue weighted by Gasteiger charge is 2.53. The Bertz CT molecular complexity index is 1140. The van der Waals surface area contributed by atoms with Gasteiger partial charge in [0.25, 0.3) is 0 Å². The molecule has 0 spiro atoms. The van der Waals surface area contributed by atoms with Crippen molar-refractivity contribution >= 4 is 41.7 Å². The minimum Gasteiger partial charge on any atom is -0.465 e. The minimum atomic E-state index is -0.750. The first-order valence-electron chi connectivity index (χ1n) is 11.7. The molecule has 0 aromatic carbocycles. The number of methoxy groups -OCH3 is 1. The molecule has 2 aliphatic rings. The first kappa shape index (κ1) is 25.7. The van der Waals surface area contributed by atoms with Gasteiger partial charge in [0.2, 0.25) is 0 Å². The average Bonchev–Trinajstić information content (AvgIpc) is 3.28. The van der Waals surface area contributed by atoms with E-state index < -0.39 is 29.9 Å². The summed E-state index contributed by atoms with van der Waals surface area (Å²) >= 11 is 1.57. The predicted octanol–water partition coefficient (Wildman–Crippen LogP) is 3.75. The molecule has 4 heterocycles. The number of nitrogens with zero attached hydrogens (tertiary/aromatic N) is 2. The van der Waals surface area contributed by atoms with Crippen LogP contribution in [0.3, 0.4) is 0 Å². The van der Waals surface area contributed by atoms with Gasteiger partial charge >= 0.3 is 19.1 Å². The number of hydrogen-bond donors (Lipinski definition) is 0. The van der Waals surface area contributed by atoms with E-state index in [-0.39, 0.29) is 11.7 Å². The Hall–Kier alpha value is -2.43. The van der Waals surface area contributed by atoms with Gasteiger partial charge in [0.15, 0.2) is 5.69 Å². The Morgan fingerprint density at radius 3 is 2.37 bits per heavy atom. The molecule has 2 aliphatic heterocycles. The Morgan fingerprint density at radius 2 is 1.77 bits per heavy atom. The number of aromatic nitrogens is 1. The number of ether oxygens (including phenoxy) is 2. The summed E-state index contributed by atoms with van der Waals surface area (Å²) in [5.41, 5.74) is 0.420. The van der Waals surface area contributed by atoms with Crippen molar-refractivity contribution in [2.45, 2.75) is 78.2 Å². The fourth-order valence-corrected chi connectivity index (χ4v) is 5.10. The molecule has 0 N–H and O–H groups in total. The van der Waals surface area contributed by atoms with Crippen molar-refractivity contribution in [3.05, 3.63) is 39.2 Å². The van der Waals surface area contributed by atoms with Crippen LogP contribution in [-0.4, -0.2) is 54.5 Å². The maximum absolute atomic E-state index is 13.3. The molecule has 35 heavy (non-hydrogen) atoms. The van der Waals surface area contributed by atoms with Crippen LogP contribution in [0, 0.1) is 0 Å². The standard InChI is InChI=1S/C25H33BN2O6S/c1-23(2,3)32-22(30)20-17(26-33-24(4,5)25(6,7)34-26)9-10-19(27-20)28-12-11-18-15(13-28)16(14-35-18)21(29)31-8/h9-10,14H,11-13H2,1-8H3.